The lowest BCUT2D eigenvalue weighted by atomic mass is 10.3. The Labute approximate surface area is 103 Å². The zero-order valence-corrected chi connectivity index (χ0v) is 10.7. The molecule has 0 heterocycles. The van der Waals surface area contributed by atoms with E-state index in [4.69, 9.17) is 9.47 Å². The van der Waals surface area contributed by atoms with Crippen LogP contribution in [-0.4, -0.2) is 39.7 Å². The van der Waals surface area contributed by atoms with E-state index < -0.39 is 0 Å². The lowest BCUT2D eigenvalue weighted by molar-refractivity contribution is 0.157. The molecule has 1 aromatic rings. The summed E-state index contributed by atoms with van der Waals surface area (Å²) in [4.78, 5) is 2.14. The molecule has 0 fully saturated rings. The number of hydrogen-bond acceptors (Lipinski definition) is 4. The molecule has 16 heavy (non-hydrogen) atoms. The van der Waals surface area contributed by atoms with E-state index in [9.17, 15) is 0 Å². The van der Waals surface area contributed by atoms with Gasteiger partial charge < -0.3 is 14.4 Å². The van der Waals surface area contributed by atoms with Crippen molar-refractivity contribution in [2.24, 2.45) is 0 Å². The number of benzene rings is 1. The summed E-state index contributed by atoms with van der Waals surface area (Å²) in [6, 6.07) is 7.99. The smallest absolute Gasteiger partial charge is 0.120 e. The highest BCUT2D eigenvalue weighted by Gasteiger charge is 2.01. The standard InChI is InChI=1S/C12H19NO2S/c1-13(6-7-15-8-9-16)11-4-3-5-12(10-11)14-2/h3-5,10,16H,6-9H2,1-2H3. The Bertz CT molecular complexity index is 307. The molecule has 0 saturated heterocycles. The monoisotopic (exact) mass is 241 g/mol. The zero-order valence-electron chi connectivity index (χ0n) is 9.85. The third kappa shape index (κ3) is 4.33. The van der Waals surface area contributed by atoms with Gasteiger partial charge in [0.1, 0.15) is 5.75 Å². The first-order valence-electron chi connectivity index (χ1n) is 5.31. The van der Waals surface area contributed by atoms with Crippen molar-refractivity contribution in [3.8, 4) is 5.75 Å². The van der Waals surface area contributed by atoms with E-state index in [1.54, 1.807) is 7.11 Å². The van der Waals surface area contributed by atoms with Crippen LogP contribution < -0.4 is 9.64 Å². The first-order valence-corrected chi connectivity index (χ1v) is 5.95. The van der Waals surface area contributed by atoms with Crippen LogP contribution in [0.1, 0.15) is 0 Å². The summed E-state index contributed by atoms with van der Waals surface area (Å²) >= 11 is 4.09. The molecule has 0 amide bonds. The van der Waals surface area contributed by atoms with Crippen LogP contribution in [0.2, 0.25) is 0 Å². The molecule has 0 aliphatic rings. The molecule has 0 bridgehead atoms. The minimum Gasteiger partial charge on any atom is -0.497 e. The van der Waals surface area contributed by atoms with Gasteiger partial charge >= 0.3 is 0 Å². The van der Waals surface area contributed by atoms with E-state index in [0.717, 1.165) is 23.7 Å². The van der Waals surface area contributed by atoms with Crippen molar-refractivity contribution in [3.05, 3.63) is 24.3 Å². The highest BCUT2D eigenvalue weighted by Crippen LogP contribution is 2.19. The average molecular weight is 241 g/mol. The molecular weight excluding hydrogens is 222 g/mol. The Morgan fingerprint density at radius 1 is 1.31 bits per heavy atom. The minimum atomic E-state index is 0.703. The van der Waals surface area contributed by atoms with Gasteiger partial charge in [-0.1, -0.05) is 6.07 Å². The summed E-state index contributed by atoms with van der Waals surface area (Å²) in [7, 11) is 3.72. The highest BCUT2D eigenvalue weighted by atomic mass is 32.1. The summed E-state index contributed by atoms with van der Waals surface area (Å²) in [6.07, 6.45) is 0. The fraction of sp³-hybridized carbons (Fsp3) is 0.500. The van der Waals surface area contributed by atoms with E-state index in [0.29, 0.717) is 13.2 Å². The third-order valence-electron chi connectivity index (χ3n) is 2.30. The van der Waals surface area contributed by atoms with Gasteiger partial charge in [0.05, 0.1) is 20.3 Å². The van der Waals surface area contributed by atoms with Crippen LogP contribution in [0.4, 0.5) is 5.69 Å². The Balaban J connectivity index is 2.42. The second-order valence-corrected chi connectivity index (χ2v) is 3.91. The number of ether oxygens (including phenoxy) is 2. The fourth-order valence-corrected chi connectivity index (χ4v) is 1.47. The molecule has 4 heteroatoms. The second-order valence-electron chi connectivity index (χ2n) is 3.46. The Morgan fingerprint density at radius 2 is 2.12 bits per heavy atom. The first kappa shape index (κ1) is 13.2. The molecule has 0 unspecified atom stereocenters. The predicted molar refractivity (Wildman–Crippen MR) is 70.9 cm³/mol. The Morgan fingerprint density at radius 3 is 2.81 bits per heavy atom. The van der Waals surface area contributed by atoms with Crippen LogP contribution in [0.3, 0.4) is 0 Å². The molecule has 0 aromatic heterocycles. The molecule has 0 aliphatic heterocycles. The molecule has 0 atom stereocenters. The second kappa shape index (κ2) is 7.41. The summed E-state index contributed by atoms with van der Waals surface area (Å²) in [5, 5.41) is 0. The van der Waals surface area contributed by atoms with Crippen molar-refractivity contribution in [1.82, 2.24) is 0 Å². The van der Waals surface area contributed by atoms with Crippen molar-refractivity contribution in [1.29, 1.82) is 0 Å². The van der Waals surface area contributed by atoms with Crippen LogP contribution in [0.5, 0.6) is 5.75 Å². The molecule has 1 aromatic carbocycles. The molecule has 0 spiro atoms. The quantitative estimate of drug-likeness (QED) is 0.583. The van der Waals surface area contributed by atoms with Gasteiger partial charge in [0, 0.05) is 31.1 Å². The summed E-state index contributed by atoms with van der Waals surface area (Å²) in [5.41, 5.74) is 1.13. The SMILES string of the molecule is COc1cccc(N(C)CCOCCS)c1. The van der Waals surface area contributed by atoms with E-state index in [1.807, 2.05) is 25.2 Å². The maximum Gasteiger partial charge on any atom is 0.120 e. The topological polar surface area (TPSA) is 21.7 Å². The number of nitrogens with zero attached hydrogens (tertiary/aromatic N) is 1. The number of likely N-dealkylation sites (N-methyl/N-ethyl adjacent to an activating group) is 1. The van der Waals surface area contributed by atoms with Gasteiger partial charge in [-0.15, -0.1) is 0 Å². The van der Waals surface area contributed by atoms with Gasteiger partial charge in [0.2, 0.25) is 0 Å². The van der Waals surface area contributed by atoms with Crippen LogP contribution in [-0.2, 0) is 4.74 Å². The largest absolute Gasteiger partial charge is 0.497 e. The van der Waals surface area contributed by atoms with Crippen LogP contribution >= 0.6 is 12.6 Å². The van der Waals surface area contributed by atoms with Crippen molar-refractivity contribution >= 4 is 18.3 Å². The lowest BCUT2D eigenvalue weighted by Crippen LogP contribution is -2.22. The van der Waals surface area contributed by atoms with E-state index >= 15 is 0 Å². The number of rotatable bonds is 7. The summed E-state index contributed by atoms with van der Waals surface area (Å²) in [5.74, 6) is 1.64. The Kier molecular flexibility index (Phi) is 6.11. The third-order valence-corrected chi connectivity index (χ3v) is 2.48. The molecule has 1 rings (SSSR count). The van der Waals surface area contributed by atoms with Crippen molar-refractivity contribution in [3.63, 3.8) is 0 Å². The van der Waals surface area contributed by atoms with E-state index in [1.165, 1.54) is 0 Å². The molecule has 0 radical (unpaired) electrons. The van der Waals surface area contributed by atoms with Crippen molar-refractivity contribution in [2.45, 2.75) is 0 Å². The van der Waals surface area contributed by atoms with Crippen LogP contribution in [0.15, 0.2) is 24.3 Å². The van der Waals surface area contributed by atoms with Gasteiger partial charge in [0.25, 0.3) is 0 Å². The number of thiol groups is 1. The number of methoxy groups -OCH3 is 1. The molecule has 3 nitrogen and oxygen atoms in total. The van der Waals surface area contributed by atoms with Crippen molar-refractivity contribution in [2.75, 3.05) is 44.6 Å². The van der Waals surface area contributed by atoms with Gasteiger partial charge in [-0.2, -0.15) is 12.6 Å². The fourth-order valence-electron chi connectivity index (χ4n) is 1.35. The normalized spacial score (nSPS) is 10.2. The van der Waals surface area contributed by atoms with E-state index in [-0.39, 0.29) is 0 Å². The maximum atomic E-state index is 5.38. The predicted octanol–water partition coefficient (Wildman–Crippen LogP) is 2.08. The lowest BCUT2D eigenvalue weighted by Gasteiger charge is -2.19. The molecule has 90 valence electrons. The van der Waals surface area contributed by atoms with Gasteiger partial charge in [-0.3, -0.25) is 0 Å². The molecule has 0 aliphatic carbocycles. The first-order chi connectivity index (χ1) is 7.77. The summed E-state index contributed by atoms with van der Waals surface area (Å²) in [6.45, 7) is 2.28. The molecule has 0 saturated carbocycles. The van der Waals surface area contributed by atoms with Crippen molar-refractivity contribution < 1.29 is 9.47 Å². The van der Waals surface area contributed by atoms with Gasteiger partial charge in [-0.05, 0) is 12.1 Å². The molecular formula is C12H19NO2S. The maximum absolute atomic E-state index is 5.38. The van der Waals surface area contributed by atoms with Gasteiger partial charge in [-0.25, -0.2) is 0 Å². The minimum absolute atomic E-state index is 0.703. The summed E-state index contributed by atoms with van der Waals surface area (Å²) < 4.78 is 10.6. The van der Waals surface area contributed by atoms with Crippen LogP contribution in [0, 0.1) is 0 Å². The zero-order chi connectivity index (χ0) is 11.8. The van der Waals surface area contributed by atoms with Gasteiger partial charge in [0.15, 0.2) is 0 Å². The van der Waals surface area contributed by atoms with Crippen LogP contribution in [0.25, 0.3) is 0 Å². The van der Waals surface area contributed by atoms with E-state index in [2.05, 4.69) is 23.6 Å². The number of anilines is 1. The Hall–Kier alpha value is -0.870. The molecule has 0 N–H and O–H groups in total. The highest BCUT2D eigenvalue weighted by molar-refractivity contribution is 7.80. The average Bonchev–Trinajstić information content (AvgIpc) is 2.34. The number of hydrogen-bond donors (Lipinski definition) is 1.